The highest BCUT2D eigenvalue weighted by Gasteiger charge is 2.28. The minimum Gasteiger partial charge on any atom is -0.748 e. The minimum atomic E-state index is -3.92. The van der Waals surface area contributed by atoms with Crippen LogP contribution in [0.2, 0.25) is 0 Å². The van der Waals surface area contributed by atoms with Gasteiger partial charge in [0, 0.05) is 26.1 Å². The van der Waals surface area contributed by atoms with Gasteiger partial charge in [0.05, 0.1) is 36.7 Å². The third kappa shape index (κ3) is 8.98. The van der Waals surface area contributed by atoms with Crippen LogP contribution in [0.15, 0.2) is 48.5 Å². The summed E-state index contributed by atoms with van der Waals surface area (Å²) in [5.74, 6) is 0.999. The molecule has 1 fully saturated rings. The molecule has 1 N–H and O–H groups in total. The van der Waals surface area contributed by atoms with E-state index in [-0.39, 0.29) is 11.9 Å². The topological polar surface area (TPSA) is 91.2 Å². The van der Waals surface area contributed by atoms with Crippen LogP contribution in [-0.4, -0.2) is 63.8 Å². The number of hydrogen-bond donors (Lipinski definition) is 1. The molecular formula is C24H34N2O5S. The Morgan fingerprint density at radius 1 is 1.16 bits per heavy atom. The van der Waals surface area contributed by atoms with Gasteiger partial charge in [0.25, 0.3) is 0 Å². The second-order valence-electron chi connectivity index (χ2n) is 8.32. The summed E-state index contributed by atoms with van der Waals surface area (Å²) >= 11 is 0. The predicted octanol–water partition coefficient (Wildman–Crippen LogP) is 1.59. The number of hydrogen-bond acceptors (Lipinski definition) is 5. The molecule has 0 aliphatic carbocycles. The summed E-state index contributed by atoms with van der Waals surface area (Å²) in [7, 11) is -0.289. The first-order chi connectivity index (χ1) is 15.1. The van der Waals surface area contributed by atoms with E-state index in [1.807, 2.05) is 36.2 Å². The van der Waals surface area contributed by atoms with E-state index >= 15 is 0 Å². The molecule has 0 saturated carbocycles. The van der Waals surface area contributed by atoms with Crippen molar-refractivity contribution in [3.05, 3.63) is 65.2 Å². The first-order valence-electron chi connectivity index (χ1n) is 10.8. The van der Waals surface area contributed by atoms with Gasteiger partial charge in [-0.2, -0.15) is 0 Å². The quantitative estimate of drug-likeness (QED) is 0.631. The largest absolute Gasteiger partial charge is 0.748 e. The van der Waals surface area contributed by atoms with Crippen LogP contribution < -0.4 is 9.64 Å². The number of carbonyl (C=O) groups is 1. The second-order valence-corrected chi connectivity index (χ2v) is 9.73. The number of nitrogens with zero attached hydrogens (tertiary/aromatic N) is 1. The van der Waals surface area contributed by atoms with Gasteiger partial charge < -0.3 is 19.1 Å². The number of ether oxygens (including phenoxy) is 1. The lowest BCUT2D eigenvalue weighted by molar-refractivity contribution is -0.890. The highest BCUT2D eigenvalue weighted by molar-refractivity contribution is 7.84. The van der Waals surface area contributed by atoms with Crippen molar-refractivity contribution in [1.82, 2.24) is 4.90 Å². The van der Waals surface area contributed by atoms with Crippen molar-refractivity contribution in [1.29, 1.82) is 0 Å². The van der Waals surface area contributed by atoms with Crippen molar-refractivity contribution in [3.8, 4) is 5.75 Å². The van der Waals surface area contributed by atoms with Crippen molar-refractivity contribution in [3.63, 3.8) is 0 Å². The molecule has 1 saturated heterocycles. The summed E-state index contributed by atoms with van der Waals surface area (Å²) in [6, 6.07) is 16.4. The van der Waals surface area contributed by atoms with E-state index in [1.54, 1.807) is 12.0 Å². The molecule has 1 aliphatic rings. The molecule has 2 aromatic carbocycles. The van der Waals surface area contributed by atoms with Crippen molar-refractivity contribution in [2.24, 2.45) is 0 Å². The van der Waals surface area contributed by atoms with Crippen LogP contribution in [0, 0.1) is 6.92 Å². The molecule has 2 aromatic rings. The van der Waals surface area contributed by atoms with Crippen LogP contribution in [0.5, 0.6) is 5.75 Å². The average molecular weight is 463 g/mol. The fourth-order valence-corrected chi connectivity index (χ4v) is 3.86. The molecule has 176 valence electrons. The Morgan fingerprint density at radius 2 is 1.75 bits per heavy atom. The Morgan fingerprint density at radius 3 is 2.31 bits per heavy atom. The lowest BCUT2D eigenvalue weighted by atomic mass is 10.0. The van der Waals surface area contributed by atoms with Crippen LogP contribution >= 0.6 is 0 Å². The molecule has 1 heterocycles. The molecule has 1 atom stereocenters. The standard InChI is InChI=1S/C23H30N2O2.CH4O3S/c1-18-9-11-19(12-10-18)15-23(26)24(2)22(17-25-13-4-5-14-25)20-7-6-8-21(16-20)27-3;1-5(2,3)4/h6-12,16,22H,4-5,13-15,17H2,1-3H3;1H3,(H,2,3,4). The second kappa shape index (κ2) is 12.0. The van der Waals surface area contributed by atoms with Gasteiger partial charge in [-0.25, -0.2) is 8.42 Å². The van der Waals surface area contributed by atoms with Gasteiger partial charge in [-0.15, -0.1) is 0 Å². The number of likely N-dealkylation sites (N-methyl/N-ethyl adjacent to an activating group) is 1. The van der Waals surface area contributed by atoms with Crippen molar-refractivity contribution in [2.75, 3.05) is 40.0 Å². The van der Waals surface area contributed by atoms with Crippen molar-refractivity contribution < 1.29 is 27.4 Å². The summed E-state index contributed by atoms with van der Waals surface area (Å²) in [6.07, 6.45) is 3.60. The monoisotopic (exact) mass is 462 g/mol. The average Bonchev–Trinajstić information content (AvgIpc) is 3.25. The Kier molecular flexibility index (Phi) is 9.68. The maximum absolute atomic E-state index is 13.0. The van der Waals surface area contributed by atoms with Gasteiger partial charge in [0.1, 0.15) is 18.3 Å². The number of rotatable bonds is 7. The smallest absolute Gasteiger partial charge is 0.227 e. The molecule has 1 amide bonds. The fourth-order valence-electron chi connectivity index (χ4n) is 3.86. The predicted molar refractivity (Wildman–Crippen MR) is 124 cm³/mol. The number of amides is 1. The lowest BCUT2D eigenvalue weighted by Crippen LogP contribution is -3.10. The van der Waals surface area contributed by atoms with E-state index in [9.17, 15) is 4.79 Å². The normalized spacial score (nSPS) is 14.9. The number of quaternary nitrogens is 1. The molecule has 0 radical (unpaired) electrons. The highest BCUT2D eigenvalue weighted by Crippen LogP contribution is 2.23. The summed E-state index contributed by atoms with van der Waals surface area (Å²) < 4.78 is 32.6. The summed E-state index contributed by atoms with van der Waals surface area (Å²) in [5.41, 5.74) is 3.43. The van der Waals surface area contributed by atoms with Crippen LogP contribution in [0.1, 0.15) is 35.6 Å². The number of carbonyl (C=O) groups excluding carboxylic acids is 1. The molecule has 1 unspecified atom stereocenters. The van der Waals surface area contributed by atoms with E-state index in [4.69, 9.17) is 17.7 Å². The highest BCUT2D eigenvalue weighted by atomic mass is 32.2. The molecule has 3 rings (SSSR count). The maximum Gasteiger partial charge on any atom is 0.227 e. The van der Waals surface area contributed by atoms with E-state index in [0.29, 0.717) is 12.7 Å². The number of nitrogens with one attached hydrogen (secondary N) is 1. The van der Waals surface area contributed by atoms with E-state index in [2.05, 4.69) is 31.2 Å². The molecule has 0 spiro atoms. The van der Waals surface area contributed by atoms with Crippen LogP contribution in [0.3, 0.4) is 0 Å². The zero-order valence-corrected chi connectivity index (χ0v) is 20.2. The van der Waals surface area contributed by atoms with Gasteiger partial charge in [-0.1, -0.05) is 42.0 Å². The van der Waals surface area contributed by atoms with Crippen LogP contribution in [0.25, 0.3) is 0 Å². The summed E-state index contributed by atoms with van der Waals surface area (Å²) in [5, 5.41) is 0. The zero-order chi connectivity index (χ0) is 23.7. The Balaban J connectivity index is 0.000000654. The molecule has 7 nitrogen and oxygen atoms in total. The molecule has 0 aromatic heterocycles. The first kappa shape index (κ1) is 25.8. The number of aryl methyl sites for hydroxylation is 1. The number of benzene rings is 2. The van der Waals surface area contributed by atoms with Gasteiger partial charge in [0.15, 0.2) is 0 Å². The van der Waals surface area contributed by atoms with E-state index in [1.165, 1.54) is 31.5 Å². The van der Waals surface area contributed by atoms with Gasteiger partial charge >= 0.3 is 0 Å². The van der Waals surface area contributed by atoms with Gasteiger partial charge in [-0.05, 0) is 30.2 Å². The zero-order valence-electron chi connectivity index (χ0n) is 19.3. The molecule has 0 bridgehead atoms. The first-order valence-corrected chi connectivity index (χ1v) is 12.6. The van der Waals surface area contributed by atoms with Crippen molar-refractivity contribution in [2.45, 2.75) is 32.2 Å². The summed E-state index contributed by atoms with van der Waals surface area (Å²) in [4.78, 5) is 16.5. The molecule has 1 aliphatic heterocycles. The number of likely N-dealkylation sites (tertiary alicyclic amines) is 1. The Bertz CT molecular complexity index is 962. The van der Waals surface area contributed by atoms with Crippen LogP contribution in [-0.2, 0) is 21.3 Å². The molecule has 8 heteroatoms. The Labute approximate surface area is 191 Å². The lowest BCUT2D eigenvalue weighted by Gasteiger charge is -2.30. The third-order valence-corrected chi connectivity index (χ3v) is 5.61. The minimum absolute atomic E-state index is 0.0612. The molecular weight excluding hydrogens is 428 g/mol. The van der Waals surface area contributed by atoms with Crippen molar-refractivity contribution >= 4 is 16.0 Å². The number of methoxy groups -OCH3 is 1. The Hall–Kier alpha value is -2.42. The van der Waals surface area contributed by atoms with Gasteiger partial charge in [-0.3, -0.25) is 4.79 Å². The summed E-state index contributed by atoms with van der Waals surface area (Å²) in [6.45, 7) is 5.40. The van der Waals surface area contributed by atoms with Crippen LogP contribution in [0.4, 0.5) is 0 Å². The SMILES string of the molecule is COc1cccc(C(C[NH+]2CCCC2)N(C)C(=O)Cc2ccc(C)cc2)c1.CS(=O)(=O)[O-]. The maximum atomic E-state index is 13.0. The van der Waals surface area contributed by atoms with E-state index < -0.39 is 10.1 Å². The molecule has 32 heavy (non-hydrogen) atoms. The van der Waals surface area contributed by atoms with E-state index in [0.717, 1.165) is 23.4 Å². The van der Waals surface area contributed by atoms with Gasteiger partial charge in [0.2, 0.25) is 5.91 Å². The third-order valence-electron chi connectivity index (χ3n) is 5.61. The fraction of sp³-hybridized carbons (Fsp3) is 0.458.